The Hall–Kier alpha value is -1.45. The zero-order valence-electron chi connectivity index (χ0n) is 13.7. The summed E-state index contributed by atoms with van der Waals surface area (Å²) in [6.07, 6.45) is 3.10. The lowest BCUT2D eigenvalue weighted by Gasteiger charge is -2.23. The molecule has 3 fully saturated rings. The van der Waals surface area contributed by atoms with Gasteiger partial charge in [-0.25, -0.2) is 18.4 Å². The van der Waals surface area contributed by atoms with Gasteiger partial charge in [-0.2, -0.15) is 4.31 Å². The van der Waals surface area contributed by atoms with Crippen molar-refractivity contribution in [3.63, 3.8) is 0 Å². The van der Waals surface area contributed by atoms with Gasteiger partial charge in [-0.05, 0) is 12.8 Å². The highest BCUT2D eigenvalue weighted by atomic mass is 32.2. The first-order valence-corrected chi connectivity index (χ1v) is 9.80. The minimum Gasteiger partial charge on any atom is -0.481 e. The van der Waals surface area contributed by atoms with Crippen LogP contribution in [0.2, 0.25) is 0 Å². The highest BCUT2D eigenvalue weighted by molar-refractivity contribution is 7.90. The summed E-state index contributed by atoms with van der Waals surface area (Å²) in [5.74, 6) is 1.46. The predicted octanol–water partition coefficient (Wildman–Crippen LogP) is 0.114. The van der Waals surface area contributed by atoms with E-state index in [4.69, 9.17) is 9.47 Å². The van der Waals surface area contributed by atoms with Crippen LogP contribution in [-0.2, 0) is 14.8 Å². The van der Waals surface area contributed by atoms with Gasteiger partial charge in [0.2, 0.25) is 15.9 Å². The second-order valence-electron chi connectivity index (χ2n) is 6.60. The fourth-order valence-corrected chi connectivity index (χ4v) is 5.36. The van der Waals surface area contributed by atoms with Crippen molar-refractivity contribution in [3.05, 3.63) is 12.4 Å². The molecule has 24 heavy (non-hydrogen) atoms. The first-order valence-electron chi connectivity index (χ1n) is 8.29. The molecule has 3 aliphatic rings. The van der Waals surface area contributed by atoms with Crippen molar-refractivity contribution in [2.75, 3.05) is 44.8 Å². The third-order valence-electron chi connectivity index (χ3n) is 4.96. The largest absolute Gasteiger partial charge is 0.481 e. The second-order valence-corrected chi connectivity index (χ2v) is 8.81. The number of sulfonamides is 1. The number of methoxy groups -OCH3 is 1. The first-order chi connectivity index (χ1) is 11.6. The van der Waals surface area contributed by atoms with Crippen LogP contribution in [0.15, 0.2) is 12.4 Å². The van der Waals surface area contributed by atoms with E-state index in [1.165, 1.54) is 6.33 Å². The number of hydrogen-bond acceptors (Lipinski definition) is 7. The van der Waals surface area contributed by atoms with Crippen LogP contribution >= 0.6 is 0 Å². The molecule has 132 valence electrons. The Morgan fingerprint density at radius 2 is 2.08 bits per heavy atom. The van der Waals surface area contributed by atoms with Gasteiger partial charge in [-0.1, -0.05) is 0 Å². The average molecular weight is 354 g/mol. The lowest BCUT2D eigenvalue weighted by Crippen LogP contribution is -2.39. The van der Waals surface area contributed by atoms with Crippen molar-refractivity contribution >= 4 is 15.8 Å². The van der Waals surface area contributed by atoms with Gasteiger partial charge in [-0.15, -0.1) is 0 Å². The molecule has 0 unspecified atom stereocenters. The summed E-state index contributed by atoms with van der Waals surface area (Å²) in [6, 6.07) is 1.80. The van der Waals surface area contributed by atoms with Crippen molar-refractivity contribution in [1.29, 1.82) is 0 Å². The molecule has 0 radical (unpaired) electrons. The van der Waals surface area contributed by atoms with Gasteiger partial charge in [0.1, 0.15) is 12.1 Å². The quantitative estimate of drug-likeness (QED) is 0.759. The van der Waals surface area contributed by atoms with Crippen molar-refractivity contribution in [2.24, 2.45) is 5.92 Å². The van der Waals surface area contributed by atoms with Crippen molar-refractivity contribution in [3.8, 4) is 5.88 Å². The number of fused-ring (bicyclic) bond motifs is 1. The van der Waals surface area contributed by atoms with Crippen LogP contribution in [0.5, 0.6) is 5.88 Å². The standard InChI is InChI=1S/C15H22N4O4S/c1-22-15-6-14(16-10-17-15)18-7-11-8-19(4-5-23-13(11)9-18)24(20,21)12-2-3-12/h6,10-13H,2-5,7-9H2,1H3/t11-,13-/m1/s1. The Balaban J connectivity index is 1.49. The predicted molar refractivity (Wildman–Crippen MR) is 87.5 cm³/mol. The highest BCUT2D eigenvalue weighted by Gasteiger charge is 2.44. The maximum absolute atomic E-state index is 12.5. The van der Waals surface area contributed by atoms with E-state index in [0.29, 0.717) is 32.1 Å². The molecule has 2 saturated heterocycles. The lowest BCUT2D eigenvalue weighted by molar-refractivity contribution is 0.0584. The molecule has 2 atom stereocenters. The van der Waals surface area contributed by atoms with E-state index in [-0.39, 0.29) is 17.3 Å². The Bertz CT molecular complexity index is 709. The normalized spacial score (nSPS) is 28.5. The Labute approximate surface area is 141 Å². The van der Waals surface area contributed by atoms with Crippen LogP contribution in [0.4, 0.5) is 5.82 Å². The molecule has 0 spiro atoms. The molecule has 0 bridgehead atoms. The minimum atomic E-state index is -3.15. The van der Waals surface area contributed by atoms with Gasteiger partial charge >= 0.3 is 0 Å². The molecule has 0 amide bonds. The monoisotopic (exact) mass is 354 g/mol. The third-order valence-corrected chi connectivity index (χ3v) is 7.32. The molecular formula is C15H22N4O4S. The number of ether oxygens (including phenoxy) is 2. The summed E-state index contributed by atoms with van der Waals surface area (Å²) < 4.78 is 37.8. The number of rotatable bonds is 4. The molecule has 8 nitrogen and oxygen atoms in total. The van der Waals surface area contributed by atoms with Crippen LogP contribution in [0, 0.1) is 5.92 Å². The number of aromatic nitrogens is 2. The van der Waals surface area contributed by atoms with E-state index in [9.17, 15) is 8.42 Å². The van der Waals surface area contributed by atoms with Gasteiger partial charge in [0.05, 0.1) is 25.1 Å². The molecule has 4 rings (SSSR count). The molecular weight excluding hydrogens is 332 g/mol. The maximum Gasteiger partial charge on any atom is 0.218 e. The fraction of sp³-hybridized carbons (Fsp3) is 0.733. The van der Waals surface area contributed by atoms with Gasteiger partial charge in [0, 0.05) is 38.2 Å². The topological polar surface area (TPSA) is 84.9 Å². The SMILES string of the molecule is COc1cc(N2C[C@@H]3CN(S(=O)(=O)C4CC4)CCO[C@@H]3C2)ncn1. The molecule has 2 aliphatic heterocycles. The summed E-state index contributed by atoms with van der Waals surface area (Å²) in [7, 11) is -1.58. The number of hydrogen-bond donors (Lipinski definition) is 0. The summed E-state index contributed by atoms with van der Waals surface area (Å²) in [5.41, 5.74) is 0. The average Bonchev–Trinajstić information content (AvgIpc) is 3.40. The third kappa shape index (κ3) is 2.96. The molecule has 0 N–H and O–H groups in total. The van der Waals surface area contributed by atoms with E-state index in [1.54, 1.807) is 17.5 Å². The van der Waals surface area contributed by atoms with Gasteiger partial charge in [0.15, 0.2) is 0 Å². The van der Waals surface area contributed by atoms with Crippen molar-refractivity contribution < 1.29 is 17.9 Å². The van der Waals surface area contributed by atoms with E-state index in [2.05, 4.69) is 14.9 Å². The van der Waals surface area contributed by atoms with Gasteiger partial charge in [0.25, 0.3) is 0 Å². The minimum absolute atomic E-state index is 0.0327. The molecule has 3 heterocycles. The van der Waals surface area contributed by atoms with E-state index < -0.39 is 10.0 Å². The highest BCUT2D eigenvalue weighted by Crippen LogP contribution is 2.34. The summed E-state index contributed by atoms with van der Waals surface area (Å²) >= 11 is 0. The van der Waals surface area contributed by atoms with E-state index in [0.717, 1.165) is 25.2 Å². The molecule has 1 aromatic rings. The Kier molecular flexibility index (Phi) is 4.09. The summed E-state index contributed by atoms with van der Waals surface area (Å²) in [4.78, 5) is 10.4. The smallest absolute Gasteiger partial charge is 0.218 e. The lowest BCUT2D eigenvalue weighted by atomic mass is 10.1. The van der Waals surface area contributed by atoms with Crippen LogP contribution in [0.1, 0.15) is 12.8 Å². The number of nitrogens with zero attached hydrogens (tertiary/aromatic N) is 4. The van der Waals surface area contributed by atoms with Crippen molar-refractivity contribution in [2.45, 2.75) is 24.2 Å². The first kappa shape index (κ1) is 16.0. The Morgan fingerprint density at radius 3 is 2.83 bits per heavy atom. The molecule has 1 saturated carbocycles. The van der Waals surface area contributed by atoms with Crippen LogP contribution in [0.3, 0.4) is 0 Å². The molecule has 1 aromatic heterocycles. The molecule has 9 heteroatoms. The number of anilines is 1. The zero-order chi connectivity index (χ0) is 16.7. The van der Waals surface area contributed by atoms with Crippen molar-refractivity contribution in [1.82, 2.24) is 14.3 Å². The van der Waals surface area contributed by atoms with Gasteiger partial charge < -0.3 is 14.4 Å². The second kappa shape index (κ2) is 6.12. The Morgan fingerprint density at radius 1 is 1.25 bits per heavy atom. The molecule has 0 aromatic carbocycles. The van der Waals surface area contributed by atoms with Crippen LogP contribution < -0.4 is 9.64 Å². The van der Waals surface area contributed by atoms with Crippen LogP contribution in [0.25, 0.3) is 0 Å². The van der Waals surface area contributed by atoms with Gasteiger partial charge in [-0.3, -0.25) is 0 Å². The maximum atomic E-state index is 12.5. The fourth-order valence-electron chi connectivity index (χ4n) is 3.47. The van der Waals surface area contributed by atoms with Crippen LogP contribution in [-0.4, -0.2) is 73.9 Å². The van der Waals surface area contributed by atoms with E-state index in [1.807, 2.05) is 0 Å². The summed E-state index contributed by atoms with van der Waals surface area (Å²) in [5, 5.41) is -0.169. The zero-order valence-corrected chi connectivity index (χ0v) is 14.5. The summed E-state index contributed by atoms with van der Waals surface area (Å²) in [6.45, 7) is 2.88. The molecule has 1 aliphatic carbocycles. The van der Waals surface area contributed by atoms with E-state index >= 15 is 0 Å².